The first-order chi connectivity index (χ1) is 20.7. The molecule has 2 aromatic rings. The molecule has 1 aliphatic heterocycles. The molecule has 1 radical (unpaired) electrons. The molecule has 1 fully saturated rings. The molecule has 0 aromatic carbocycles. The van der Waals surface area contributed by atoms with E-state index < -0.39 is 24.7 Å². The van der Waals surface area contributed by atoms with E-state index in [0.29, 0.717) is 56.0 Å². The van der Waals surface area contributed by atoms with E-state index in [1.54, 1.807) is 49.0 Å². The normalized spacial score (nSPS) is 18.3. The molecule has 44 heavy (non-hydrogen) atoms. The average Bonchev–Trinajstić information content (AvgIpc) is 3.55. The van der Waals surface area contributed by atoms with Crippen LogP contribution >= 0.6 is 0 Å². The Hall–Kier alpha value is -3.21. The second-order valence-corrected chi connectivity index (χ2v) is 12.6. The van der Waals surface area contributed by atoms with E-state index in [1.165, 1.54) is 12.3 Å². The van der Waals surface area contributed by atoms with E-state index in [1.807, 2.05) is 33.8 Å². The zero-order chi connectivity index (χ0) is 32.5. The fourth-order valence-corrected chi connectivity index (χ4v) is 4.83. The number of nitrogens with one attached hydrogen (secondary N) is 2. The first-order valence-corrected chi connectivity index (χ1v) is 14.9. The van der Waals surface area contributed by atoms with Crippen molar-refractivity contribution in [1.82, 2.24) is 30.1 Å². The number of rotatable bonds is 14. The Morgan fingerprint density at radius 3 is 2.64 bits per heavy atom. The first-order valence-electron chi connectivity index (χ1n) is 14.4. The van der Waals surface area contributed by atoms with Gasteiger partial charge in [0.15, 0.2) is 5.79 Å². The fourth-order valence-electron chi connectivity index (χ4n) is 4.60. The first kappa shape index (κ1) is 35.3. The molecular formula is C30H41BF2N6NiO4-. The van der Waals surface area contributed by atoms with Gasteiger partial charge in [0.2, 0.25) is 5.91 Å². The molecule has 2 N–H and O–H groups in total. The van der Waals surface area contributed by atoms with Crippen molar-refractivity contribution in [2.45, 2.75) is 79.2 Å². The van der Waals surface area contributed by atoms with Crippen LogP contribution in [0.1, 0.15) is 65.0 Å². The van der Waals surface area contributed by atoms with Gasteiger partial charge in [-0.15, -0.1) is 5.10 Å². The quantitative estimate of drug-likeness (QED) is 0.183. The predicted octanol–water partition coefficient (Wildman–Crippen LogP) is 3.65. The van der Waals surface area contributed by atoms with E-state index in [4.69, 9.17) is 24.5 Å². The maximum atomic E-state index is 13.8. The molecule has 1 aliphatic rings. The molecule has 2 amide bonds. The van der Waals surface area contributed by atoms with Crippen molar-refractivity contribution in [1.29, 1.82) is 0 Å². The molecule has 0 saturated carbocycles. The minimum atomic E-state index is -2.65. The summed E-state index contributed by atoms with van der Waals surface area (Å²) in [4.78, 5) is 24.8. The predicted molar refractivity (Wildman–Crippen MR) is 162 cm³/mol. The van der Waals surface area contributed by atoms with Gasteiger partial charge in [0.05, 0.1) is 12.3 Å². The number of hydrogen-bond donors (Lipinski definition) is 2. The molecular weight excluding hydrogens is 616 g/mol. The summed E-state index contributed by atoms with van der Waals surface area (Å²) in [5, 5.41) is 13.6. The van der Waals surface area contributed by atoms with E-state index in [-0.39, 0.29) is 11.8 Å². The number of hydrogen-bond acceptors (Lipinski definition) is 6. The Morgan fingerprint density at radius 2 is 1.93 bits per heavy atom. The van der Waals surface area contributed by atoms with Gasteiger partial charge in [-0.3, -0.25) is 9.59 Å². The van der Waals surface area contributed by atoms with Crippen LogP contribution in [0.2, 0.25) is 0 Å². The second-order valence-electron chi connectivity index (χ2n) is 11.8. The van der Waals surface area contributed by atoms with Crippen molar-refractivity contribution in [3.05, 3.63) is 65.4 Å². The Balaban J connectivity index is 1.42. The number of ether oxygens (including phenoxy) is 2. The third kappa shape index (κ3) is 10.7. The number of aryl methyl sites for hydroxylation is 2. The van der Waals surface area contributed by atoms with Gasteiger partial charge in [-0.25, -0.2) is 0 Å². The third-order valence-corrected chi connectivity index (χ3v) is 6.99. The summed E-state index contributed by atoms with van der Waals surface area (Å²) in [5.74, 6) is -1.60. The van der Waals surface area contributed by atoms with E-state index in [9.17, 15) is 18.2 Å². The van der Waals surface area contributed by atoms with Gasteiger partial charge in [-0.2, -0.15) is 0 Å². The maximum absolute atomic E-state index is 13.8. The summed E-state index contributed by atoms with van der Waals surface area (Å²) in [7, 11) is -2.65. The number of nitrogens with zero attached hydrogens (tertiary/aromatic N) is 4. The minimum absolute atomic E-state index is 0.317. The van der Waals surface area contributed by atoms with E-state index in [2.05, 4.69) is 20.9 Å². The van der Waals surface area contributed by atoms with Gasteiger partial charge in [-0.1, -0.05) is 19.1 Å². The summed E-state index contributed by atoms with van der Waals surface area (Å²) >= 11 is 4.75. The number of allylic oxidation sites excluding steroid dienone is 3. The average molecular weight is 657 g/mol. The molecule has 10 nitrogen and oxygen atoms in total. The Kier molecular flexibility index (Phi) is 12.6. The van der Waals surface area contributed by atoms with Crippen LogP contribution in [0.4, 0.5) is 8.63 Å². The fraction of sp³-hybridized carbons (Fsp3) is 0.500. The molecule has 0 spiro atoms. The number of aromatic nitrogens is 4. The van der Waals surface area contributed by atoms with Crippen LogP contribution in [-0.2, 0) is 53.5 Å². The summed E-state index contributed by atoms with van der Waals surface area (Å²) in [5.41, 5.74) is 2.02. The third-order valence-electron chi connectivity index (χ3n) is 6.85. The number of carbonyl (C=O) groups excluding carboxylic acids is 2. The summed E-state index contributed by atoms with van der Waals surface area (Å²) < 4.78 is 42.5. The van der Waals surface area contributed by atoms with Gasteiger partial charge >= 0.3 is 125 Å². The van der Waals surface area contributed by atoms with Crippen molar-refractivity contribution in [2.24, 2.45) is 5.41 Å². The summed E-state index contributed by atoms with van der Waals surface area (Å²) in [6.07, 6.45) is 10.3. The van der Waals surface area contributed by atoms with Crippen LogP contribution in [0.25, 0.3) is 6.08 Å². The number of amides is 2. The molecule has 0 bridgehead atoms. The molecule has 14 heteroatoms. The number of halogens is 2. The van der Waals surface area contributed by atoms with Gasteiger partial charge in [0, 0.05) is 36.9 Å². The van der Waals surface area contributed by atoms with Crippen LogP contribution < -0.4 is 10.6 Å². The van der Waals surface area contributed by atoms with Crippen LogP contribution in [0.3, 0.4) is 0 Å². The van der Waals surface area contributed by atoms with Crippen LogP contribution in [0, 0.1) is 5.41 Å². The monoisotopic (exact) mass is 656 g/mol. The topological polar surface area (TPSA) is 112 Å². The molecule has 1 saturated heterocycles. The van der Waals surface area contributed by atoms with E-state index in [0.717, 1.165) is 14.5 Å². The van der Waals surface area contributed by atoms with E-state index >= 15 is 0 Å². The zero-order valence-corrected chi connectivity index (χ0v) is 27.0. The van der Waals surface area contributed by atoms with Gasteiger partial charge in [0.1, 0.15) is 6.10 Å². The van der Waals surface area contributed by atoms with Crippen molar-refractivity contribution in [3.63, 3.8) is 0 Å². The zero-order valence-electron chi connectivity index (χ0n) is 26.0. The van der Waals surface area contributed by atoms with Crippen LogP contribution in [-0.4, -0.2) is 68.2 Å². The second kappa shape index (κ2) is 15.7. The summed E-state index contributed by atoms with van der Waals surface area (Å²) in [6, 6.07) is 3.40. The Bertz CT molecular complexity index is 1420. The SMILES string of the molecule is C[C](=[Ni])/C=C(/C)C=Cc1ccc(CCCn2cc(CCNC(=O)/C=C\NC(=O)[C@H]3OC(C)(C)OCC3(C)C)nn2)n1[B-](F)F. The Morgan fingerprint density at radius 1 is 1.18 bits per heavy atom. The molecule has 1 atom stereocenters. The standard InChI is InChI=1S/C30H41BF2N6O4.Ni/c1-7-9-22(2)11-12-25-14-13-24(39(25)31(32)33)10-8-19-38-20-23(36-37-38)15-17-34-26(40)16-18-35-28(41)27-29(3,4)21-42-30(5,6)43-27;/h9,11-14,16,18,20,27H,8,10,15,17,19,21H2,1-6H3,(H,34,40)(H,35,41);/q-1;/b12-11?,18-16-,22-9-;/t27-;/m1./s1. The molecule has 3 rings (SSSR count). The molecule has 3 heterocycles. The summed E-state index contributed by atoms with van der Waals surface area (Å²) in [6.45, 7) is 12.1. The molecule has 243 valence electrons. The van der Waals surface area contributed by atoms with Crippen molar-refractivity contribution in [2.75, 3.05) is 13.2 Å². The van der Waals surface area contributed by atoms with Gasteiger partial charge in [0.25, 0.3) is 5.91 Å². The van der Waals surface area contributed by atoms with Crippen LogP contribution in [0.15, 0.2) is 48.3 Å². The van der Waals surface area contributed by atoms with Crippen molar-refractivity contribution >= 4 is 29.8 Å². The van der Waals surface area contributed by atoms with Crippen LogP contribution in [0.5, 0.6) is 0 Å². The molecule has 0 aliphatic carbocycles. The molecule has 2 aromatic heterocycles. The van der Waals surface area contributed by atoms with Crippen molar-refractivity contribution in [3.8, 4) is 0 Å². The number of carbonyl (C=O) groups is 2. The van der Waals surface area contributed by atoms with Gasteiger partial charge < -0.3 is 20.1 Å². The van der Waals surface area contributed by atoms with Crippen molar-refractivity contribution < 1.29 is 42.7 Å². The molecule has 0 unspecified atom stereocenters. The Labute approximate surface area is 265 Å². The van der Waals surface area contributed by atoms with Gasteiger partial charge in [-0.05, 0) is 13.8 Å².